The van der Waals surface area contributed by atoms with Crippen molar-refractivity contribution in [3.05, 3.63) is 65.5 Å². The molecule has 1 aliphatic heterocycles. The van der Waals surface area contributed by atoms with E-state index in [4.69, 9.17) is 0 Å². The van der Waals surface area contributed by atoms with Gasteiger partial charge in [-0.2, -0.15) is 0 Å². The first kappa shape index (κ1) is 22.6. The lowest BCUT2D eigenvalue weighted by Crippen LogP contribution is -2.46. The lowest BCUT2D eigenvalue weighted by Gasteiger charge is -2.33. The summed E-state index contributed by atoms with van der Waals surface area (Å²) >= 11 is 0. The first-order valence-electron chi connectivity index (χ1n) is 10.5. The van der Waals surface area contributed by atoms with Crippen molar-refractivity contribution in [2.75, 3.05) is 13.2 Å². The third kappa shape index (κ3) is 4.51. The second-order valence-corrected chi connectivity index (χ2v) is 8.30. The molecule has 1 atom stereocenters. The summed E-state index contributed by atoms with van der Waals surface area (Å²) in [6.07, 6.45) is 3.08. The molecule has 1 aromatic carbocycles. The van der Waals surface area contributed by atoms with Crippen LogP contribution >= 0.6 is 0 Å². The molecule has 3 rings (SSSR count). The smallest absolute Gasteiger partial charge is 0.241 e. The number of likely N-dealkylation sites (tertiary alicyclic amines) is 1. The van der Waals surface area contributed by atoms with Crippen LogP contribution in [0, 0.1) is 6.92 Å². The minimum atomic E-state index is -1.26. The van der Waals surface area contributed by atoms with E-state index in [9.17, 15) is 19.5 Å². The Morgan fingerprint density at radius 3 is 2.58 bits per heavy atom. The predicted molar refractivity (Wildman–Crippen MR) is 116 cm³/mol. The topological polar surface area (TPSA) is 90.8 Å². The van der Waals surface area contributed by atoms with Gasteiger partial charge in [0.15, 0.2) is 0 Å². The molecule has 164 valence electrons. The van der Waals surface area contributed by atoms with E-state index >= 15 is 0 Å². The SMILES string of the molecule is Cc1ccccc1[C@]1(CC(=O)N(CCO)C(C)C)CC(=O)N(Cc2cccnc2)C1=O. The highest BCUT2D eigenvalue weighted by atomic mass is 16.3. The van der Waals surface area contributed by atoms with E-state index in [2.05, 4.69) is 4.98 Å². The second kappa shape index (κ2) is 9.39. The monoisotopic (exact) mass is 423 g/mol. The van der Waals surface area contributed by atoms with Crippen LogP contribution in [0.1, 0.15) is 43.4 Å². The first-order valence-corrected chi connectivity index (χ1v) is 10.5. The van der Waals surface area contributed by atoms with Gasteiger partial charge in [-0.15, -0.1) is 0 Å². The number of rotatable bonds is 8. The Labute approximate surface area is 182 Å². The highest BCUT2D eigenvalue weighted by Crippen LogP contribution is 2.42. The van der Waals surface area contributed by atoms with Gasteiger partial charge in [-0.1, -0.05) is 30.3 Å². The van der Waals surface area contributed by atoms with Gasteiger partial charge < -0.3 is 10.0 Å². The molecular formula is C24H29N3O4. The Kier molecular flexibility index (Phi) is 6.85. The number of benzene rings is 1. The van der Waals surface area contributed by atoms with Crippen LogP contribution in [0.25, 0.3) is 0 Å². The van der Waals surface area contributed by atoms with Crippen molar-refractivity contribution in [3.63, 3.8) is 0 Å². The summed E-state index contributed by atoms with van der Waals surface area (Å²) in [4.78, 5) is 46.9. The van der Waals surface area contributed by atoms with E-state index < -0.39 is 5.41 Å². The molecule has 1 saturated heterocycles. The normalized spacial score (nSPS) is 18.7. The molecule has 1 N–H and O–H groups in total. The van der Waals surface area contributed by atoms with Crippen molar-refractivity contribution in [1.29, 1.82) is 0 Å². The van der Waals surface area contributed by atoms with Crippen molar-refractivity contribution >= 4 is 17.7 Å². The number of carbonyl (C=O) groups excluding carboxylic acids is 3. The van der Waals surface area contributed by atoms with Crippen LogP contribution in [-0.4, -0.2) is 56.8 Å². The summed E-state index contributed by atoms with van der Waals surface area (Å²) < 4.78 is 0. The van der Waals surface area contributed by atoms with Crippen LogP contribution in [0.3, 0.4) is 0 Å². The molecule has 1 fully saturated rings. The number of aliphatic hydroxyl groups is 1. The fourth-order valence-electron chi connectivity index (χ4n) is 4.33. The molecule has 7 heteroatoms. The van der Waals surface area contributed by atoms with Gasteiger partial charge in [0.05, 0.1) is 18.6 Å². The van der Waals surface area contributed by atoms with E-state index in [1.165, 1.54) is 4.90 Å². The van der Waals surface area contributed by atoms with Crippen molar-refractivity contribution < 1.29 is 19.5 Å². The first-order chi connectivity index (χ1) is 14.8. The van der Waals surface area contributed by atoms with Crippen LogP contribution in [0.5, 0.6) is 0 Å². The van der Waals surface area contributed by atoms with E-state index in [0.717, 1.165) is 11.1 Å². The molecule has 3 amide bonds. The van der Waals surface area contributed by atoms with E-state index in [1.807, 2.05) is 51.1 Å². The molecule has 0 saturated carbocycles. The third-order valence-corrected chi connectivity index (χ3v) is 5.87. The zero-order chi connectivity index (χ0) is 22.6. The molecule has 1 aromatic heterocycles. The molecule has 0 radical (unpaired) electrons. The maximum atomic E-state index is 13.7. The predicted octanol–water partition coefficient (Wildman–Crippen LogP) is 2.21. The number of imide groups is 1. The van der Waals surface area contributed by atoms with E-state index in [0.29, 0.717) is 5.56 Å². The van der Waals surface area contributed by atoms with Gasteiger partial charge in [0.1, 0.15) is 0 Å². The van der Waals surface area contributed by atoms with Crippen molar-refractivity contribution in [2.45, 2.75) is 51.6 Å². The molecule has 2 heterocycles. The fraction of sp³-hybridized carbons (Fsp3) is 0.417. The summed E-state index contributed by atoms with van der Waals surface area (Å²) in [5.41, 5.74) is 1.05. The Morgan fingerprint density at radius 2 is 1.97 bits per heavy atom. The Morgan fingerprint density at radius 1 is 1.23 bits per heavy atom. The number of amides is 3. The Hall–Kier alpha value is -3.06. The van der Waals surface area contributed by atoms with Gasteiger partial charge in [-0.25, -0.2) is 0 Å². The zero-order valence-electron chi connectivity index (χ0n) is 18.2. The van der Waals surface area contributed by atoms with Gasteiger partial charge in [0, 0.05) is 37.8 Å². The van der Waals surface area contributed by atoms with Crippen LogP contribution in [0.2, 0.25) is 0 Å². The standard InChI is InChI=1S/C24H29N3O4/c1-17(2)26(11-12-28)21(29)13-24(20-9-5-4-7-18(20)3)14-22(30)27(23(24)31)16-19-8-6-10-25-15-19/h4-10,15,17,28H,11-14,16H2,1-3H3/t24-/m0/s1. The average Bonchev–Trinajstić information content (AvgIpc) is 2.97. The van der Waals surface area contributed by atoms with Gasteiger partial charge in [0.25, 0.3) is 0 Å². The van der Waals surface area contributed by atoms with Gasteiger partial charge >= 0.3 is 0 Å². The molecule has 1 aliphatic rings. The maximum Gasteiger partial charge on any atom is 0.241 e. The number of aliphatic hydroxyl groups excluding tert-OH is 1. The van der Waals surface area contributed by atoms with Crippen LogP contribution in [0.4, 0.5) is 0 Å². The second-order valence-electron chi connectivity index (χ2n) is 8.30. The van der Waals surface area contributed by atoms with E-state index in [-0.39, 0.29) is 56.3 Å². The molecule has 0 spiro atoms. The zero-order valence-corrected chi connectivity index (χ0v) is 18.2. The largest absolute Gasteiger partial charge is 0.395 e. The molecule has 0 aliphatic carbocycles. The van der Waals surface area contributed by atoms with Crippen molar-refractivity contribution in [1.82, 2.24) is 14.8 Å². The quantitative estimate of drug-likeness (QED) is 0.658. The number of hydrogen-bond acceptors (Lipinski definition) is 5. The maximum absolute atomic E-state index is 13.7. The number of nitrogens with zero attached hydrogens (tertiary/aromatic N) is 3. The molecule has 0 bridgehead atoms. The number of aryl methyl sites for hydroxylation is 1. The van der Waals surface area contributed by atoms with Gasteiger partial charge in [-0.05, 0) is 43.5 Å². The Balaban J connectivity index is 2.01. The minimum Gasteiger partial charge on any atom is -0.395 e. The molecule has 2 aromatic rings. The summed E-state index contributed by atoms with van der Waals surface area (Å²) in [5, 5.41) is 9.39. The lowest BCUT2D eigenvalue weighted by molar-refractivity contribution is -0.143. The highest BCUT2D eigenvalue weighted by molar-refractivity contribution is 6.10. The van der Waals surface area contributed by atoms with Gasteiger partial charge in [-0.3, -0.25) is 24.3 Å². The van der Waals surface area contributed by atoms with Crippen LogP contribution in [-0.2, 0) is 26.3 Å². The van der Waals surface area contributed by atoms with E-state index in [1.54, 1.807) is 23.4 Å². The number of pyridine rings is 1. The molecule has 7 nitrogen and oxygen atoms in total. The Bertz CT molecular complexity index is 960. The number of aromatic nitrogens is 1. The molecule has 31 heavy (non-hydrogen) atoms. The minimum absolute atomic E-state index is 0.0618. The highest BCUT2D eigenvalue weighted by Gasteiger charge is 2.54. The van der Waals surface area contributed by atoms with Crippen LogP contribution in [0.15, 0.2) is 48.8 Å². The van der Waals surface area contributed by atoms with Crippen LogP contribution < -0.4 is 0 Å². The number of hydrogen-bond donors (Lipinski definition) is 1. The molecular weight excluding hydrogens is 394 g/mol. The summed E-state index contributed by atoms with van der Waals surface area (Å²) in [6, 6.07) is 10.8. The average molecular weight is 424 g/mol. The van der Waals surface area contributed by atoms with Gasteiger partial charge in [0.2, 0.25) is 17.7 Å². The fourth-order valence-corrected chi connectivity index (χ4v) is 4.33. The number of carbonyl (C=O) groups is 3. The lowest BCUT2D eigenvalue weighted by atomic mass is 9.73. The summed E-state index contributed by atoms with van der Waals surface area (Å²) in [7, 11) is 0. The van der Waals surface area contributed by atoms with Crippen molar-refractivity contribution in [3.8, 4) is 0 Å². The third-order valence-electron chi connectivity index (χ3n) is 5.87. The summed E-state index contributed by atoms with van der Waals surface area (Å²) in [6.45, 7) is 5.76. The molecule has 0 unspecified atom stereocenters. The summed E-state index contributed by atoms with van der Waals surface area (Å²) in [5.74, 6) is -0.920. The van der Waals surface area contributed by atoms with Crippen molar-refractivity contribution in [2.24, 2.45) is 0 Å².